The van der Waals surface area contributed by atoms with Crippen LogP contribution in [0.4, 0.5) is 13.6 Å². The van der Waals surface area contributed by atoms with Crippen LogP contribution >= 0.6 is 0 Å². The highest BCUT2D eigenvalue weighted by Crippen LogP contribution is 2.43. The summed E-state index contributed by atoms with van der Waals surface area (Å²) in [5.74, 6) is -4.03. The van der Waals surface area contributed by atoms with Crippen molar-refractivity contribution in [2.45, 2.75) is 88.8 Å². The quantitative estimate of drug-likeness (QED) is 0.594. The van der Waals surface area contributed by atoms with E-state index < -0.39 is 35.9 Å². The van der Waals surface area contributed by atoms with Gasteiger partial charge in [0.2, 0.25) is 5.91 Å². The van der Waals surface area contributed by atoms with E-state index in [1.54, 1.807) is 18.7 Å². The van der Waals surface area contributed by atoms with Crippen molar-refractivity contribution in [2.24, 2.45) is 11.3 Å². The number of likely N-dealkylation sites (tertiary alicyclic amines) is 2. The van der Waals surface area contributed by atoms with Crippen LogP contribution in [0.25, 0.3) is 0 Å². The molecule has 1 spiro atoms. The monoisotopic (exact) mass is 451 g/mol. The number of alkyl halides is 2. The standard InChI is InChI=1S/C23H35F2N5O2/c1-16(2)11-23(24,25)12-18(19(31)28-22(13-26)5-6-22)27-20(32)30-14-21(15-30)7-9-29(10-8-21)17-3-4-17/h16-18H,3-12,14-15H2,1-2H3,(H,27,32)(H,28,31)/t18-/m0/s1. The molecule has 2 saturated carbocycles. The van der Waals surface area contributed by atoms with Crippen LogP contribution in [0, 0.1) is 22.7 Å². The van der Waals surface area contributed by atoms with E-state index in [0.717, 1.165) is 32.0 Å². The third kappa shape index (κ3) is 5.33. The lowest BCUT2D eigenvalue weighted by Gasteiger charge is -2.54. The van der Waals surface area contributed by atoms with Crippen molar-refractivity contribution >= 4 is 11.9 Å². The van der Waals surface area contributed by atoms with Gasteiger partial charge >= 0.3 is 6.03 Å². The molecule has 4 aliphatic rings. The molecule has 0 aromatic heterocycles. The Bertz CT molecular complexity index is 772. The number of amides is 3. The minimum atomic E-state index is -3.08. The third-order valence-electron chi connectivity index (χ3n) is 7.41. The van der Waals surface area contributed by atoms with Gasteiger partial charge in [-0.05, 0) is 57.5 Å². The minimum Gasteiger partial charge on any atom is -0.336 e. The minimum absolute atomic E-state index is 0.126. The van der Waals surface area contributed by atoms with Crippen LogP contribution in [0.2, 0.25) is 0 Å². The van der Waals surface area contributed by atoms with Crippen molar-refractivity contribution in [3.05, 3.63) is 0 Å². The smallest absolute Gasteiger partial charge is 0.318 e. The summed E-state index contributed by atoms with van der Waals surface area (Å²) in [6, 6.07) is 0.956. The molecule has 3 amide bonds. The number of nitrogens with one attached hydrogen (secondary N) is 2. The normalized spacial score (nSPS) is 25.1. The molecule has 178 valence electrons. The molecule has 0 bridgehead atoms. The van der Waals surface area contributed by atoms with Gasteiger partial charge in [-0.2, -0.15) is 5.26 Å². The summed E-state index contributed by atoms with van der Waals surface area (Å²) >= 11 is 0. The average molecular weight is 452 g/mol. The van der Waals surface area contributed by atoms with Crippen molar-refractivity contribution in [3.63, 3.8) is 0 Å². The van der Waals surface area contributed by atoms with Crippen LogP contribution < -0.4 is 10.6 Å². The van der Waals surface area contributed by atoms with Gasteiger partial charge < -0.3 is 20.4 Å². The molecule has 2 N–H and O–H groups in total. The lowest BCUT2D eigenvalue weighted by Crippen LogP contribution is -2.65. The number of rotatable bonds is 8. The first-order valence-electron chi connectivity index (χ1n) is 12.0. The summed E-state index contributed by atoms with van der Waals surface area (Å²) in [7, 11) is 0. The number of urea groups is 1. The predicted octanol–water partition coefficient (Wildman–Crippen LogP) is 2.87. The van der Waals surface area contributed by atoms with Gasteiger partial charge in [0.15, 0.2) is 0 Å². The summed E-state index contributed by atoms with van der Waals surface area (Å²) < 4.78 is 29.1. The molecule has 4 fully saturated rings. The number of hydrogen-bond acceptors (Lipinski definition) is 4. The Morgan fingerprint density at radius 2 is 1.75 bits per heavy atom. The molecule has 9 heteroatoms. The molecular weight excluding hydrogens is 416 g/mol. The second-order valence-electron chi connectivity index (χ2n) is 11.0. The van der Waals surface area contributed by atoms with Crippen LogP contribution in [0.3, 0.4) is 0 Å². The van der Waals surface area contributed by atoms with E-state index in [9.17, 15) is 23.6 Å². The SMILES string of the molecule is CC(C)CC(F)(F)C[C@H](NC(=O)N1CC2(CCN(C3CC3)CC2)C1)C(=O)NC1(C#N)CC1. The highest BCUT2D eigenvalue weighted by molar-refractivity contribution is 5.88. The zero-order chi connectivity index (χ0) is 23.1. The molecule has 2 aliphatic carbocycles. The van der Waals surface area contributed by atoms with Crippen molar-refractivity contribution in [3.8, 4) is 6.07 Å². The van der Waals surface area contributed by atoms with Crippen LogP contribution in [0.1, 0.15) is 65.2 Å². The van der Waals surface area contributed by atoms with E-state index in [4.69, 9.17) is 0 Å². The number of carbonyl (C=O) groups excluding carboxylic acids is 2. The second-order valence-corrected chi connectivity index (χ2v) is 11.0. The van der Waals surface area contributed by atoms with Crippen molar-refractivity contribution in [2.75, 3.05) is 26.2 Å². The Morgan fingerprint density at radius 3 is 2.25 bits per heavy atom. The largest absolute Gasteiger partial charge is 0.336 e. The Balaban J connectivity index is 1.33. The number of hydrogen-bond donors (Lipinski definition) is 2. The molecule has 0 unspecified atom stereocenters. The van der Waals surface area contributed by atoms with E-state index >= 15 is 0 Å². The molecule has 0 radical (unpaired) electrons. The van der Waals surface area contributed by atoms with Gasteiger partial charge in [0.1, 0.15) is 11.6 Å². The predicted molar refractivity (Wildman–Crippen MR) is 115 cm³/mol. The number of piperidine rings is 1. The number of halogens is 2. The zero-order valence-electron chi connectivity index (χ0n) is 19.1. The maximum atomic E-state index is 14.5. The van der Waals surface area contributed by atoms with E-state index in [1.165, 1.54) is 12.8 Å². The van der Waals surface area contributed by atoms with Crippen molar-refractivity contribution in [1.29, 1.82) is 5.26 Å². The summed E-state index contributed by atoms with van der Waals surface area (Å²) in [5.41, 5.74) is -0.843. The molecule has 4 rings (SSSR count). The van der Waals surface area contributed by atoms with E-state index in [1.807, 2.05) is 6.07 Å². The molecule has 7 nitrogen and oxygen atoms in total. The lowest BCUT2D eigenvalue weighted by atomic mass is 9.72. The van der Waals surface area contributed by atoms with Crippen LogP contribution in [0.5, 0.6) is 0 Å². The highest BCUT2D eigenvalue weighted by Gasteiger charge is 2.50. The summed E-state index contributed by atoms with van der Waals surface area (Å²) in [5, 5.41) is 14.4. The van der Waals surface area contributed by atoms with Gasteiger partial charge in [0.25, 0.3) is 5.92 Å². The number of nitriles is 1. The highest BCUT2D eigenvalue weighted by atomic mass is 19.3. The van der Waals surface area contributed by atoms with E-state index in [-0.39, 0.29) is 17.8 Å². The summed E-state index contributed by atoms with van der Waals surface area (Å²) in [6.07, 6.45) is 4.57. The fraction of sp³-hybridized carbons (Fsp3) is 0.870. The van der Waals surface area contributed by atoms with Crippen LogP contribution in [0.15, 0.2) is 0 Å². The maximum Gasteiger partial charge on any atom is 0.318 e. The third-order valence-corrected chi connectivity index (χ3v) is 7.41. The topological polar surface area (TPSA) is 88.5 Å². The Kier molecular flexibility index (Phi) is 6.12. The number of carbonyl (C=O) groups is 2. The fourth-order valence-corrected chi connectivity index (χ4v) is 5.17. The van der Waals surface area contributed by atoms with Crippen LogP contribution in [-0.4, -0.2) is 71.5 Å². The van der Waals surface area contributed by atoms with Crippen molar-refractivity contribution < 1.29 is 18.4 Å². The Labute approximate surface area is 188 Å². The molecule has 1 atom stereocenters. The van der Waals surface area contributed by atoms with Crippen LogP contribution in [-0.2, 0) is 4.79 Å². The molecule has 32 heavy (non-hydrogen) atoms. The average Bonchev–Trinajstić information content (AvgIpc) is 3.59. The summed E-state index contributed by atoms with van der Waals surface area (Å²) in [4.78, 5) is 29.7. The van der Waals surface area contributed by atoms with Gasteiger partial charge in [-0.25, -0.2) is 13.6 Å². The zero-order valence-corrected chi connectivity index (χ0v) is 19.1. The molecule has 2 saturated heterocycles. The Hall–Kier alpha value is -1.95. The molecule has 0 aromatic carbocycles. The first kappa shape index (κ1) is 23.2. The fourth-order valence-electron chi connectivity index (χ4n) is 5.17. The summed E-state index contributed by atoms with van der Waals surface area (Å²) in [6.45, 7) is 6.73. The first-order chi connectivity index (χ1) is 15.0. The number of nitrogens with zero attached hydrogens (tertiary/aromatic N) is 3. The molecule has 2 aliphatic heterocycles. The first-order valence-corrected chi connectivity index (χ1v) is 12.0. The van der Waals surface area contributed by atoms with Gasteiger partial charge in [-0.15, -0.1) is 0 Å². The van der Waals surface area contributed by atoms with Gasteiger partial charge in [-0.3, -0.25) is 4.79 Å². The molecular formula is C23H35F2N5O2. The maximum absolute atomic E-state index is 14.5. The van der Waals surface area contributed by atoms with E-state index in [2.05, 4.69) is 15.5 Å². The van der Waals surface area contributed by atoms with E-state index in [0.29, 0.717) is 25.9 Å². The second kappa shape index (κ2) is 8.44. The van der Waals surface area contributed by atoms with Gasteiger partial charge in [0.05, 0.1) is 6.07 Å². The van der Waals surface area contributed by atoms with Crippen molar-refractivity contribution in [1.82, 2.24) is 20.4 Å². The molecule has 0 aromatic rings. The van der Waals surface area contributed by atoms with Gasteiger partial charge in [-0.1, -0.05) is 13.8 Å². The Morgan fingerprint density at radius 1 is 1.12 bits per heavy atom. The molecule has 2 heterocycles. The lowest BCUT2D eigenvalue weighted by molar-refractivity contribution is -0.127. The van der Waals surface area contributed by atoms with Gasteiger partial charge in [0, 0.05) is 37.4 Å².